The zero-order valence-corrected chi connectivity index (χ0v) is 19.1. The van der Waals surface area contributed by atoms with Crippen molar-refractivity contribution >= 4 is 60.6 Å². The number of para-hydroxylation sites is 1. The molecule has 154 valence electrons. The summed E-state index contributed by atoms with van der Waals surface area (Å²) in [5.74, 6) is -0.384. The molecular weight excluding hydrogens is 486 g/mol. The Bertz CT molecular complexity index is 1210. The van der Waals surface area contributed by atoms with E-state index in [1.165, 1.54) is 12.1 Å². The molecular formula is C21H18BrN3O3S2. The largest absolute Gasteiger partial charge is 0.332 e. The molecule has 0 atom stereocenters. The topological polar surface area (TPSA) is 87.3 Å². The van der Waals surface area contributed by atoms with Crippen LogP contribution >= 0.6 is 28.1 Å². The minimum absolute atomic E-state index is 0.0529. The van der Waals surface area contributed by atoms with E-state index in [9.17, 15) is 13.2 Å². The van der Waals surface area contributed by atoms with Crippen LogP contribution in [0.1, 0.15) is 15.9 Å². The standard InChI is InChI=1S/C21H18BrN3O3S2/c1-14-7-2-5-12-19(14)25-30(27,28)16-9-6-8-15(13-16)23-21(29)24-20(26)17-10-3-4-11-18(17)22/h2-13,25H,1H3,(H2,23,24,26,29). The number of halogens is 1. The highest BCUT2D eigenvalue weighted by atomic mass is 79.9. The maximum atomic E-state index is 12.7. The number of hydrogen-bond acceptors (Lipinski definition) is 4. The van der Waals surface area contributed by atoms with E-state index in [-0.39, 0.29) is 15.9 Å². The van der Waals surface area contributed by atoms with Gasteiger partial charge < -0.3 is 5.32 Å². The average molecular weight is 504 g/mol. The van der Waals surface area contributed by atoms with E-state index in [1.807, 2.05) is 19.1 Å². The number of carbonyl (C=O) groups is 1. The average Bonchev–Trinajstić information content (AvgIpc) is 2.70. The number of sulfonamides is 1. The Balaban J connectivity index is 1.72. The van der Waals surface area contributed by atoms with E-state index >= 15 is 0 Å². The second-order valence-corrected chi connectivity index (χ2v) is 9.28. The molecule has 0 aliphatic carbocycles. The highest BCUT2D eigenvalue weighted by Crippen LogP contribution is 2.21. The minimum atomic E-state index is -3.79. The summed E-state index contributed by atoms with van der Waals surface area (Å²) >= 11 is 8.51. The summed E-state index contributed by atoms with van der Waals surface area (Å²) in [6.45, 7) is 1.82. The molecule has 0 heterocycles. The van der Waals surface area contributed by atoms with Gasteiger partial charge in [0, 0.05) is 10.2 Å². The third-order valence-electron chi connectivity index (χ3n) is 4.14. The Morgan fingerprint density at radius 3 is 2.40 bits per heavy atom. The van der Waals surface area contributed by atoms with Gasteiger partial charge in [-0.1, -0.05) is 36.4 Å². The Kier molecular flexibility index (Phi) is 6.86. The molecule has 0 aromatic heterocycles. The fourth-order valence-corrected chi connectivity index (χ4v) is 4.46. The van der Waals surface area contributed by atoms with E-state index in [0.717, 1.165) is 5.56 Å². The smallest absolute Gasteiger partial charge is 0.261 e. The number of carbonyl (C=O) groups excluding carboxylic acids is 1. The molecule has 0 aliphatic rings. The van der Waals surface area contributed by atoms with Gasteiger partial charge >= 0.3 is 0 Å². The summed E-state index contributed by atoms with van der Waals surface area (Å²) in [6, 6.07) is 20.2. The number of rotatable bonds is 5. The monoisotopic (exact) mass is 503 g/mol. The van der Waals surface area contributed by atoms with E-state index in [2.05, 4.69) is 31.3 Å². The molecule has 0 bridgehead atoms. The van der Waals surface area contributed by atoms with Crippen molar-refractivity contribution in [2.24, 2.45) is 0 Å². The van der Waals surface area contributed by atoms with Crippen molar-refractivity contribution in [3.05, 3.63) is 88.4 Å². The van der Waals surface area contributed by atoms with E-state index < -0.39 is 10.0 Å². The predicted molar refractivity (Wildman–Crippen MR) is 126 cm³/mol. The summed E-state index contributed by atoms with van der Waals surface area (Å²) in [6.07, 6.45) is 0. The third-order valence-corrected chi connectivity index (χ3v) is 6.40. The maximum absolute atomic E-state index is 12.7. The number of hydrogen-bond donors (Lipinski definition) is 3. The van der Waals surface area contributed by atoms with Gasteiger partial charge in [-0.3, -0.25) is 14.8 Å². The van der Waals surface area contributed by atoms with Crippen LogP contribution in [-0.4, -0.2) is 19.4 Å². The van der Waals surface area contributed by atoms with Crippen LogP contribution in [-0.2, 0) is 10.0 Å². The second-order valence-electron chi connectivity index (χ2n) is 6.34. The highest BCUT2D eigenvalue weighted by molar-refractivity contribution is 9.10. The van der Waals surface area contributed by atoms with Gasteiger partial charge in [-0.25, -0.2) is 8.42 Å². The van der Waals surface area contributed by atoms with Gasteiger partial charge in [0.2, 0.25) is 0 Å². The van der Waals surface area contributed by atoms with E-state index in [4.69, 9.17) is 12.2 Å². The van der Waals surface area contributed by atoms with Crippen molar-refractivity contribution in [3.63, 3.8) is 0 Å². The van der Waals surface area contributed by atoms with Crippen LogP contribution in [0, 0.1) is 6.92 Å². The first-order valence-electron chi connectivity index (χ1n) is 8.81. The zero-order chi connectivity index (χ0) is 21.7. The quantitative estimate of drug-likeness (QED) is 0.439. The first kappa shape index (κ1) is 21.9. The number of aryl methyl sites for hydroxylation is 1. The van der Waals surface area contributed by atoms with Crippen molar-refractivity contribution in [3.8, 4) is 0 Å². The predicted octanol–water partition coefficient (Wildman–Crippen LogP) is 4.69. The molecule has 0 radical (unpaired) electrons. The molecule has 0 spiro atoms. The van der Waals surface area contributed by atoms with Gasteiger partial charge in [-0.2, -0.15) is 0 Å². The number of anilines is 2. The van der Waals surface area contributed by atoms with E-state index in [1.54, 1.807) is 48.5 Å². The number of thiocarbonyl (C=S) groups is 1. The summed E-state index contributed by atoms with van der Waals surface area (Å²) in [7, 11) is -3.79. The molecule has 3 aromatic rings. The van der Waals surface area contributed by atoms with Crippen LogP contribution in [0.25, 0.3) is 0 Å². The molecule has 0 aliphatic heterocycles. The first-order valence-corrected chi connectivity index (χ1v) is 11.5. The first-order chi connectivity index (χ1) is 14.3. The summed E-state index contributed by atoms with van der Waals surface area (Å²) in [5, 5.41) is 5.47. The highest BCUT2D eigenvalue weighted by Gasteiger charge is 2.16. The SMILES string of the molecule is Cc1ccccc1NS(=O)(=O)c1cccc(NC(=S)NC(=O)c2ccccc2Br)c1. The summed E-state index contributed by atoms with van der Waals surface area (Å²) in [5.41, 5.74) is 2.18. The molecule has 3 aromatic carbocycles. The molecule has 1 amide bonds. The lowest BCUT2D eigenvalue weighted by molar-refractivity contribution is 0.0977. The van der Waals surface area contributed by atoms with Crippen LogP contribution in [0.2, 0.25) is 0 Å². The van der Waals surface area contributed by atoms with Crippen LogP contribution in [0.5, 0.6) is 0 Å². The second kappa shape index (κ2) is 9.38. The Morgan fingerprint density at radius 2 is 1.67 bits per heavy atom. The van der Waals surface area contributed by atoms with Crippen LogP contribution < -0.4 is 15.4 Å². The molecule has 0 saturated carbocycles. The van der Waals surface area contributed by atoms with Gasteiger partial charge in [0.15, 0.2) is 5.11 Å². The molecule has 3 N–H and O–H groups in total. The summed E-state index contributed by atoms with van der Waals surface area (Å²) in [4.78, 5) is 12.4. The van der Waals surface area contributed by atoms with Crippen molar-refractivity contribution < 1.29 is 13.2 Å². The lowest BCUT2D eigenvalue weighted by Crippen LogP contribution is -2.34. The molecule has 6 nitrogen and oxygen atoms in total. The van der Waals surface area contributed by atoms with Crippen molar-refractivity contribution in [1.82, 2.24) is 5.32 Å². The van der Waals surface area contributed by atoms with Crippen molar-refractivity contribution in [1.29, 1.82) is 0 Å². The van der Waals surface area contributed by atoms with Crippen LogP contribution in [0.15, 0.2) is 82.2 Å². The van der Waals surface area contributed by atoms with Gasteiger partial charge in [-0.15, -0.1) is 0 Å². The fraction of sp³-hybridized carbons (Fsp3) is 0.0476. The molecule has 30 heavy (non-hydrogen) atoms. The molecule has 0 saturated heterocycles. The molecule has 0 unspecified atom stereocenters. The normalized spacial score (nSPS) is 10.9. The number of benzene rings is 3. The Labute approximate surface area is 188 Å². The number of amides is 1. The lowest BCUT2D eigenvalue weighted by Gasteiger charge is -2.13. The zero-order valence-electron chi connectivity index (χ0n) is 15.8. The lowest BCUT2D eigenvalue weighted by atomic mass is 10.2. The van der Waals surface area contributed by atoms with Gasteiger partial charge in [0.1, 0.15) is 0 Å². The molecule has 9 heteroatoms. The number of nitrogens with one attached hydrogen (secondary N) is 3. The maximum Gasteiger partial charge on any atom is 0.261 e. The minimum Gasteiger partial charge on any atom is -0.332 e. The van der Waals surface area contributed by atoms with Gasteiger partial charge in [-0.05, 0) is 77.0 Å². The Morgan fingerprint density at radius 1 is 0.967 bits per heavy atom. The van der Waals surface area contributed by atoms with Crippen LogP contribution in [0.3, 0.4) is 0 Å². The molecule has 0 fully saturated rings. The third kappa shape index (κ3) is 5.44. The molecule has 3 rings (SSSR count). The Hall–Kier alpha value is -2.75. The van der Waals surface area contributed by atoms with Crippen molar-refractivity contribution in [2.75, 3.05) is 10.0 Å². The van der Waals surface area contributed by atoms with Gasteiger partial charge in [0.25, 0.3) is 15.9 Å². The van der Waals surface area contributed by atoms with Gasteiger partial charge in [0.05, 0.1) is 16.1 Å². The fourth-order valence-electron chi connectivity index (χ4n) is 2.61. The summed E-state index contributed by atoms with van der Waals surface area (Å²) < 4.78 is 28.7. The van der Waals surface area contributed by atoms with Crippen molar-refractivity contribution in [2.45, 2.75) is 11.8 Å². The van der Waals surface area contributed by atoms with E-state index in [0.29, 0.717) is 21.4 Å². The van der Waals surface area contributed by atoms with Crippen LogP contribution in [0.4, 0.5) is 11.4 Å².